The largest absolute Gasteiger partial charge is 0.545 e. The molecule has 76 valence electrons. The molecule has 0 aliphatic carbocycles. The smallest absolute Gasteiger partial charge is 0.222 e. The minimum absolute atomic E-state index is 0.234. The van der Waals surface area contributed by atoms with Gasteiger partial charge in [-0.15, -0.1) is 0 Å². The molecule has 1 amide bonds. The topological polar surface area (TPSA) is 89.5 Å². The van der Waals surface area contributed by atoms with E-state index in [0.29, 0.717) is 6.42 Å². The molecule has 13 heavy (non-hydrogen) atoms. The number of aliphatic hydroxyl groups excluding tert-OH is 1. The van der Waals surface area contributed by atoms with Crippen LogP contribution in [0.1, 0.15) is 32.6 Å². The van der Waals surface area contributed by atoms with Crippen LogP contribution in [0.5, 0.6) is 0 Å². The molecule has 0 spiro atoms. The lowest BCUT2D eigenvalue weighted by Crippen LogP contribution is -2.47. The fraction of sp³-hybridized carbons (Fsp3) is 0.750. The first kappa shape index (κ1) is 11.9. The molecule has 1 atom stereocenters. The first-order chi connectivity index (χ1) is 6.07. The van der Waals surface area contributed by atoms with E-state index in [4.69, 9.17) is 5.11 Å². The van der Waals surface area contributed by atoms with Gasteiger partial charge < -0.3 is 20.3 Å². The number of rotatable bonds is 6. The SMILES string of the molecule is CCCCCC(=O)N[C@@H](O)C(=O)[O-]. The lowest BCUT2D eigenvalue weighted by Gasteiger charge is -2.12. The van der Waals surface area contributed by atoms with Gasteiger partial charge in [-0.05, 0) is 6.42 Å². The minimum Gasteiger partial charge on any atom is -0.545 e. The molecule has 5 heteroatoms. The second-order valence-corrected chi connectivity index (χ2v) is 2.75. The quantitative estimate of drug-likeness (QED) is 0.402. The Morgan fingerprint density at radius 2 is 2.08 bits per heavy atom. The molecule has 0 fully saturated rings. The number of carbonyl (C=O) groups excluding carboxylic acids is 2. The summed E-state index contributed by atoms with van der Waals surface area (Å²) in [5.41, 5.74) is 0. The van der Waals surface area contributed by atoms with Crippen molar-refractivity contribution in [2.45, 2.75) is 38.8 Å². The number of nitrogens with one attached hydrogen (secondary N) is 1. The summed E-state index contributed by atoms with van der Waals surface area (Å²) < 4.78 is 0. The van der Waals surface area contributed by atoms with Crippen LogP contribution in [0.3, 0.4) is 0 Å². The minimum atomic E-state index is -1.89. The van der Waals surface area contributed by atoms with E-state index in [2.05, 4.69) is 0 Å². The van der Waals surface area contributed by atoms with Gasteiger partial charge in [0, 0.05) is 6.42 Å². The summed E-state index contributed by atoms with van der Waals surface area (Å²) in [6, 6.07) is 0. The van der Waals surface area contributed by atoms with Gasteiger partial charge in [0.2, 0.25) is 5.91 Å². The average Bonchev–Trinajstić information content (AvgIpc) is 2.04. The molecule has 5 nitrogen and oxygen atoms in total. The third-order valence-electron chi connectivity index (χ3n) is 1.53. The summed E-state index contributed by atoms with van der Waals surface area (Å²) in [5, 5.41) is 20.5. The van der Waals surface area contributed by atoms with Crippen LogP contribution in [0.15, 0.2) is 0 Å². The van der Waals surface area contributed by atoms with Crippen LogP contribution in [-0.4, -0.2) is 23.2 Å². The molecule has 2 N–H and O–H groups in total. The molecule has 0 aromatic rings. The van der Waals surface area contributed by atoms with Crippen LogP contribution < -0.4 is 10.4 Å². The molecule has 0 rings (SSSR count). The number of hydrogen-bond donors (Lipinski definition) is 2. The third-order valence-corrected chi connectivity index (χ3v) is 1.53. The molecule has 0 heterocycles. The van der Waals surface area contributed by atoms with Crippen LogP contribution >= 0.6 is 0 Å². The first-order valence-corrected chi connectivity index (χ1v) is 4.26. The van der Waals surface area contributed by atoms with Crippen molar-refractivity contribution < 1.29 is 19.8 Å². The Morgan fingerprint density at radius 1 is 1.46 bits per heavy atom. The molecule has 0 unspecified atom stereocenters. The van der Waals surface area contributed by atoms with Gasteiger partial charge in [0.1, 0.15) is 0 Å². The summed E-state index contributed by atoms with van der Waals surface area (Å²) in [4.78, 5) is 20.9. The highest BCUT2D eigenvalue weighted by Crippen LogP contribution is 1.98. The van der Waals surface area contributed by atoms with Crippen molar-refractivity contribution in [1.29, 1.82) is 0 Å². The van der Waals surface area contributed by atoms with Crippen molar-refractivity contribution in [3.8, 4) is 0 Å². The number of carboxylic acids is 1. The monoisotopic (exact) mass is 188 g/mol. The molecule has 0 radical (unpaired) electrons. The fourth-order valence-electron chi connectivity index (χ4n) is 0.819. The van der Waals surface area contributed by atoms with Gasteiger partial charge in [0.05, 0.1) is 5.97 Å². The Hall–Kier alpha value is -1.10. The summed E-state index contributed by atoms with van der Waals surface area (Å²) in [5.74, 6) is -2.16. The highest BCUT2D eigenvalue weighted by molar-refractivity contribution is 5.81. The lowest BCUT2D eigenvalue weighted by atomic mass is 10.2. The highest BCUT2D eigenvalue weighted by atomic mass is 16.4. The van der Waals surface area contributed by atoms with Gasteiger partial charge in [-0.3, -0.25) is 4.79 Å². The molecule has 0 aliphatic rings. The normalized spacial score (nSPS) is 12.2. The van der Waals surface area contributed by atoms with E-state index in [9.17, 15) is 14.7 Å². The molecule has 0 saturated heterocycles. The van der Waals surface area contributed by atoms with Gasteiger partial charge in [-0.2, -0.15) is 0 Å². The van der Waals surface area contributed by atoms with E-state index in [1.165, 1.54) is 0 Å². The molecule has 0 aromatic heterocycles. The number of carbonyl (C=O) groups is 2. The maximum atomic E-state index is 10.9. The second-order valence-electron chi connectivity index (χ2n) is 2.75. The van der Waals surface area contributed by atoms with Crippen molar-refractivity contribution in [2.75, 3.05) is 0 Å². The number of aliphatic hydroxyl groups is 1. The number of unbranched alkanes of at least 4 members (excludes halogenated alkanes) is 2. The summed E-state index contributed by atoms with van der Waals surface area (Å²) >= 11 is 0. The Balaban J connectivity index is 3.56. The Kier molecular flexibility index (Phi) is 5.88. The van der Waals surface area contributed by atoms with Crippen LogP contribution in [0.25, 0.3) is 0 Å². The zero-order valence-corrected chi connectivity index (χ0v) is 7.58. The third kappa shape index (κ3) is 6.10. The molecular weight excluding hydrogens is 174 g/mol. The predicted octanol–water partition coefficient (Wildman–Crippen LogP) is -1.25. The summed E-state index contributed by atoms with van der Waals surface area (Å²) in [6.45, 7) is 1.99. The van der Waals surface area contributed by atoms with Gasteiger partial charge >= 0.3 is 0 Å². The molecule has 0 saturated carbocycles. The van der Waals surface area contributed by atoms with Crippen molar-refractivity contribution in [2.24, 2.45) is 0 Å². The molecule has 0 aromatic carbocycles. The number of aliphatic carboxylic acids is 1. The average molecular weight is 188 g/mol. The van der Waals surface area contributed by atoms with Crippen molar-refractivity contribution >= 4 is 11.9 Å². The fourth-order valence-corrected chi connectivity index (χ4v) is 0.819. The van der Waals surface area contributed by atoms with Crippen LogP contribution in [-0.2, 0) is 9.59 Å². The number of amides is 1. The van der Waals surface area contributed by atoms with Crippen LogP contribution in [0, 0.1) is 0 Å². The van der Waals surface area contributed by atoms with E-state index < -0.39 is 18.1 Å². The maximum Gasteiger partial charge on any atom is 0.222 e. The Labute approximate surface area is 76.8 Å². The van der Waals surface area contributed by atoms with Gasteiger partial charge in [0.15, 0.2) is 6.23 Å². The van der Waals surface area contributed by atoms with Gasteiger partial charge in [-0.1, -0.05) is 19.8 Å². The first-order valence-electron chi connectivity index (χ1n) is 4.26. The zero-order chi connectivity index (χ0) is 10.3. The summed E-state index contributed by atoms with van der Waals surface area (Å²) in [7, 11) is 0. The summed E-state index contributed by atoms with van der Waals surface area (Å²) in [6.07, 6.45) is 0.931. The van der Waals surface area contributed by atoms with Crippen molar-refractivity contribution in [3.63, 3.8) is 0 Å². The van der Waals surface area contributed by atoms with Crippen molar-refractivity contribution in [1.82, 2.24) is 5.32 Å². The second kappa shape index (κ2) is 6.42. The van der Waals surface area contributed by atoms with E-state index in [1.54, 1.807) is 0 Å². The standard InChI is InChI=1S/C8H15NO4/c1-2-3-4-5-6(10)9-7(11)8(12)13/h7,11H,2-5H2,1H3,(H,9,10)(H,12,13)/p-1/t7-/m0/s1. The van der Waals surface area contributed by atoms with E-state index in [-0.39, 0.29) is 6.42 Å². The van der Waals surface area contributed by atoms with E-state index >= 15 is 0 Å². The zero-order valence-electron chi connectivity index (χ0n) is 7.58. The van der Waals surface area contributed by atoms with Crippen LogP contribution in [0.4, 0.5) is 0 Å². The number of hydrogen-bond acceptors (Lipinski definition) is 4. The highest BCUT2D eigenvalue weighted by Gasteiger charge is 2.08. The maximum absolute atomic E-state index is 10.9. The van der Waals surface area contributed by atoms with E-state index in [1.807, 2.05) is 12.2 Å². The molecule has 0 aliphatic heterocycles. The predicted molar refractivity (Wildman–Crippen MR) is 43.3 cm³/mol. The van der Waals surface area contributed by atoms with Crippen LogP contribution in [0.2, 0.25) is 0 Å². The Bertz CT molecular complexity index is 181. The Morgan fingerprint density at radius 3 is 2.54 bits per heavy atom. The van der Waals surface area contributed by atoms with E-state index in [0.717, 1.165) is 12.8 Å². The van der Waals surface area contributed by atoms with Crippen molar-refractivity contribution in [3.05, 3.63) is 0 Å². The van der Waals surface area contributed by atoms with Gasteiger partial charge in [-0.25, -0.2) is 0 Å². The molecular formula is C8H14NO4-. The number of carboxylic acid groups (broad SMARTS) is 1. The molecule has 0 bridgehead atoms. The van der Waals surface area contributed by atoms with Gasteiger partial charge in [0.25, 0.3) is 0 Å². The lowest BCUT2D eigenvalue weighted by molar-refractivity contribution is -0.316.